The fraction of sp³-hybridized carbons (Fsp3) is 0. The van der Waals surface area contributed by atoms with Gasteiger partial charge in [0, 0.05) is 16.2 Å². The molecule has 20 heavy (non-hydrogen) atoms. The molecule has 0 amide bonds. The highest BCUT2D eigenvalue weighted by Crippen LogP contribution is 2.29. The molecule has 4 nitrogen and oxygen atoms in total. The lowest BCUT2D eigenvalue weighted by atomic mass is 10.2. The van der Waals surface area contributed by atoms with Crippen LogP contribution in [0, 0.1) is 5.82 Å². The van der Waals surface area contributed by atoms with Gasteiger partial charge in [0.15, 0.2) is 0 Å². The lowest BCUT2D eigenvalue weighted by Crippen LogP contribution is -2.00. The first kappa shape index (κ1) is 12.8. The van der Waals surface area contributed by atoms with Crippen LogP contribution in [0.5, 0.6) is 0 Å². The van der Waals surface area contributed by atoms with Crippen molar-refractivity contribution in [3.05, 3.63) is 59.3 Å². The highest BCUT2D eigenvalue weighted by atomic mass is 79.9. The maximum absolute atomic E-state index is 13.2. The first-order valence-electron chi connectivity index (χ1n) is 5.85. The first-order valence-corrected chi connectivity index (χ1v) is 6.65. The van der Waals surface area contributed by atoms with Crippen molar-refractivity contribution in [2.24, 2.45) is 0 Å². The van der Waals surface area contributed by atoms with Gasteiger partial charge in [-0.1, -0.05) is 0 Å². The van der Waals surface area contributed by atoms with Crippen LogP contribution in [0.4, 0.5) is 10.2 Å². The predicted octanol–water partition coefficient (Wildman–Crippen LogP) is 3.42. The van der Waals surface area contributed by atoms with E-state index in [2.05, 4.69) is 25.9 Å². The summed E-state index contributed by atoms with van der Waals surface area (Å²) in [4.78, 5) is 8.22. The smallest absolute Gasteiger partial charge is 0.132 e. The number of hydrogen-bond donors (Lipinski definition) is 1. The van der Waals surface area contributed by atoms with Crippen LogP contribution in [0.2, 0.25) is 0 Å². The van der Waals surface area contributed by atoms with E-state index in [-0.39, 0.29) is 5.82 Å². The van der Waals surface area contributed by atoms with Crippen molar-refractivity contribution in [2.75, 3.05) is 5.73 Å². The zero-order valence-electron chi connectivity index (χ0n) is 10.3. The minimum atomic E-state index is -0.303. The number of hydrogen-bond acceptors (Lipinski definition) is 3. The van der Waals surface area contributed by atoms with E-state index in [9.17, 15) is 4.39 Å². The van der Waals surface area contributed by atoms with Crippen molar-refractivity contribution >= 4 is 21.7 Å². The molecule has 2 N–H and O–H groups in total. The van der Waals surface area contributed by atoms with E-state index >= 15 is 0 Å². The molecule has 0 fully saturated rings. The van der Waals surface area contributed by atoms with Crippen molar-refractivity contribution < 1.29 is 4.39 Å². The van der Waals surface area contributed by atoms with Crippen LogP contribution in [0.15, 0.2) is 53.5 Å². The summed E-state index contributed by atoms with van der Waals surface area (Å²) in [5.74, 6) is 0.121. The maximum atomic E-state index is 13.2. The van der Waals surface area contributed by atoms with Gasteiger partial charge < -0.3 is 5.73 Å². The number of aromatic nitrogens is 3. The zero-order valence-corrected chi connectivity index (χ0v) is 11.9. The van der Waals surface area contributed by atoms with Gasteiger partial charge in [-0.05, 0) is 46.3 Å². The molecule has 1 aromatic carbocycles. The molecule has 0 aliphatic carbocycles. The van der Waals surface area contributed by atoms with Crippen molar-refractivity contribution in [3.8, 4) is 16.9 Å². The highest BCUT2D eigenvalue weighted by molar-refractivity contribution is 9.10. The van der Waals surface area contributed by atoms with E-state index < -0.39 is 0 Å². The Kier molecular flexibility index (Phi) is 3.23. The second-order valence-corrected chi connectivity index (χ2v) is 5.04. The maximum Gasteiger partial charge on any atom is 0.132 e. The van der Waals surface area contributed by atoms with E-state index in [1.165, 1.54) is 12.1 Å². The number of pyridine rings is 1. The van der Waals surface area contributed by atoms with Gasteiger partial charge in [0.1, 0.15) is 11.6 Å². The Morgan fingerprint density at radius 2 is 2.10 bits per heavy atom. The van der Waals surface area contributed by atoms with Gasteiger partial charge in [0.05, 0.1) is 23.9 Å². The topological polar surface area (TPSA) is 56.7 Å². The third-order valence-electron chi connectivity index (χ3n) is 2.92. The number of nitrogens with zero attached hydrogens (tertiary/aromatic N) is 3. The van der Waals surface area contributed by atoms with Crippen LogP contribution < -0.4 is 5.73 Å². The number of rotatable bonds is 2. The van der Waals surface area contributed by atoms with Crippen LogP contribution in [-0.4, -0.2) is 14.5 Å². The van der Waals surface area contributed by atoms with E-state index in [1.807, 2.05) is 16.7 Å². The van der Waals surface area contributed by atoms with Crippen molar-refractivity contribution in [1.29, 1.82) is 0 Å². The van der Waals surface area contributed by atoms with E-state index in [0.717, 1.165) is 16.9 Å². The summed E-state index contributed by atoms with van der Waals surface area (Å²) in [6.07, 6.45) is 4.98. The third-order valence-corrected chi connectivity index (χ3v) is 3.56. The molecule has 0 spiro atoms. The molecular weight excluding hydrogens is 323 g/mol. The second kappa shape index (κ2) is 5.05. The Morgan fingerprint density at radius 3 is 2.85 bits per heavy atom. The molecule has 0 saturated heterocycles. The Hall–Kier alpha value is -2.21. The molecule has 3 aromatic rings. The Morgan fingerprint density at radius 1 is 1.25 bits per heavy atom. The quantitative estimate of drug-likeness (QED) is 0.782. The van der Waals surface area contributed by atoms with E-state index in [4.69, 9.17) is 5.73 Å². The van der Waals surface area contributed by atoms with E-state index in [1.54, 1.807) is 24.8 Å². The number of imidazole rings is 1. The highest BCUT2D eigenvalue weighted by Gasteiger charge is 2.12. The van der Waals surface area contributed by atoms with Gasteiger partial charge in [-0.2, -0.15) is 0 Å². The summed E-state index contributed by atoms with van der Waals surface area (Å²) in [6, 6.07) is 8.16. The first-order chi connectivity index (χ1) is 9.66. The van der Waals surface area contributed by atoms with Crippen LogP contribution >= 0.6 is 15.9 Å². The average Bonchev–Trinajstić information content (AvgIpc) is 2.88. The fourth-order valence-corrected chi connectivity index (χ4v) is 2.54. The monoisotopic (exact) mass is 332 g/mol. The lowest BCUT2D eigenvalue weighted by molar-refractivity contribution is 0.626. The molecule has 2 aromatic heterocycles. The van der Waals surface area contributed by atoms with Crippen molar-refractivity contribution in [2.45, 2.75) is 0 Å². The number of anilines is 1. The standard InChI is InChI=1S/C14H10BrFN4/c15-11-6-9(16)3-4-12(11)20-8-18-7-13(20)10-2-1-5-19-14(10)17/h1-8H,(H2,17,19). The average molecular weight is 333 g/mol. The van der Waals surface area contributed by atoms with Crippen LogP contribution in [0.1, 0.15) is 0 Å². The molecule has 0 radical (unpaired) electrons. The molecule has 0 aliphatic heterocycles. The lowest BCUT2D eigenvalue weighted by Gasteiger charge is -2.11. The minimum Gasteiger partial charge on any atom is -0.383 e. The second-order valence-electron chi connectivity index (χ2n) is 4.18. The summed E-state index contributed by atoms with van der Waals surface area (Å²) in [7, 11) is 0. The fourth-order valence-electron chi connectivity index (χ4n) is 2.00. The third kappa shape index (κ3) is 2.18. The molecule has 2 heterocycles. The predicted molar refractivity (Wildman–Crippen MR) is 78.9 cm³/mol. The normalized spacial score (nSPS) is 10.7. The summed E-state index contributed by atoms with van der Waals surface area (Å²) < 4.78 is 15.7. The SMILES string of the molecule is Nc1ncccc1-c1cncn1-c1ccc(F)cc1Br. The molecule has 6 heteroatoms. The molecule has 3 rings (SSSR count). The number of nitrogens with two attached hydrogens (primary N) is 1. The van der Waals surface area contributed by atoms with Gasteiger partial charge in [-0.15, -0.1) is 0 Å². The molecule has 0 saturated carbocycles. The minimum absolute atomic E-state index is 0.303. The van der Waals surface area contributed by atoms with Gasteiger partial charge in [0.25, 0.3) is 0 Å². The molecule has 0 atom stereocenters. The van der Waals surface area contributed by atoms with Gasteiger partial charge >= 0.3 is 0 Å². The molecular formula is C14H10BrFN4. The summed E-state index contributed by atoms with van der Waals surface area (Å²) in [5.41, 5.74) is 8.25. The van der Waals surface area contributed by atoms with Crippen LogP contribution in [0.25, 0.3) is 16.9 Å². The Balaban J connectivity index is 2.18. The number of benzene rings is 1. The molecule has 0 unspecified atom stereocenters. The van der Waals surface area contributed by atoms with Gasteiger partial charge in [0.2, 0.25) is 0 Å². The molecule has 0 aliphatic rings. The molecule has 0 bridgehead atoms. The van der Waals surface area contributed by atoms with Gasteiger partial charge in [-0.3, -0.25) is 4.57 Å². The number of nitrogen functional groups attached to an aromatic ring is 1. The van der Waals surface area contributed by atoms with Crippen molar-refractivity contribution in [3.63, 3.8) is 0 Å². The molecule has 100 valence electrons. The summed E-state index contributed by atoms with van der Waals surface area (Å²) in [6.45, 7) is 0. The van der Waals surface area contributed by atoms with Crippen LogP contribution in [0.3, 0.4) is 0 Å². The van der Waals surface area contributed by atoms with Gasteiger partial charge in [-0.25, -0.2) is 14.4 Å². The Bertz CT molecular complexity index is 769. The van der Waals surface area contributed by atoms with E-state index in [0.29, 0.717) is 10.3 Å². The summed E-state index contributed by atoms with van der Waals surface area (Å²) >= 11 is 3.36. The van der Waals surface area contributed by atoms with Crippen LogP contribution in [-0.2, 0) is 0 Å². The van der Waals surface area contributed by atoms with Crippen molar-refractivity contribution in [1.82, 2.24) is 14.5 Å². The number of halogens is 2. The largest absolute Gasteiger partial charge is 0.383 e. The Labute approximate surface area is 123 Å². The zero-order chi connectivity index (χ0) is 14.1. The summed E-state index contributed by atoms with van der Waals surface area (Å²) in [5, 5.41) is 0.